The van der Waals surface area contributed by atoms with Crippen molar-refractivity contribution in [2.24, 2.45) is 0 Å². The molecule has 0 bridgehead atoms. The summed E-state index contributed by atoms with van der Waals surface area (Å²) in [6, 6.07) is 4.57. The zero-order chi connectivity index (χ0) is 12.8. The monoisotopic (exact) mass is 241 g/mol. The fourth-order valence-corrected chi connectivity index (χ4v) is 1.49. The van der Waals surface area contributed by atoms with Crippen LogP contribution in [-0.4, -0.2) is 36.2 Å². The molecule has 0 aromatic heterocycles. The molecule has 1 N–H and O–H groups in total. The minimum Gasteiger partial charge on any atom is -0.497 e. The molecule has 17 heavy (non-hydrogen) atoms. The second-order valence-corrected chi connectivity index (χ2v) is 3.65. The molecule has 94 valence electrons. The highest BCUT2D eigenvalue weighted by molar-refractivity contribution is 5.69. The molecule has 1 rings (SSSR count). The van der Waals surface area contributed by atoms with Crippen LogP contribution >= 0.6 is 0 Å². The van der Waals surface area contributed by atoms with Crippen molar-refractivity contribution < 1.29 is 19.0 Å². The van der Waals surface area contributed by atoms with Gasteiger partial charge in [0.25, 0.3) is 0 Å². The van der Waals surface area contributed by atoms with Crippen LogP contribution in [0.3, 0.4) is 0 Å². The maximum Gasteiger partial charge on any atom is 0.317 e. The Labute approximate surface area is 99.6 Å². The average Bonchev–Trinajstić information content (AvgIpc) is 2.29. The summed E-state index contributed by atoms with van der Waals surface area (Å²) in [6.45, 7) is 2.57. The second kappa shape index (κ2) is 6.20. The molecule has 0 spiro atoms. The van der Waals surface area contributed by atoms with E-state index in [0.29, 0.717) is 17.9 Å². The molecule has 5 heteroatoms. The quantitative estimate of drug-likeness (QED) is 0.824. The van der Waals surface area contributed by atoms with Crippen molar-refractivity contribution in [3.05, 3.63) is 29.6 Å². The number of carboxylic acid groups (broad SMARTS) is 1. The zero-order valence-electron chi connectivity index (χ0n) is 9.94. The highest BCUT2D eigenvalue weighted by Gasteiger charge is 2.11. The van der Waals surface area contributed by atoms with Crippen LogP contribution in [0.15, 0.2) is 18.2 Å². The number of hydrogen-bond acceptors (Lipinski definition) is 3. The number of carbonyl (C=O) groups is 1. The van der Waals surface area contributed by atoms with Crippen LogP contribution in [0.4, 0.5) is 4.39 Å². The Morgan fingerprint density at radius 2 is 2.24 bits per heavy atom. The molecule has 0 atom stereocenters. The Balaban J connectivity index is 2.75. The van der Waals surface area contributed by atoms with E-state index >= 15 is 0 Å². The van der Waals surface area contributed by atoms with Gasteiger partial charge in [0, 0.05) is 18.2 Å². The van der Waals surface area contributed by atoms with Crippen LogP contribution in [0.25, 0.3) is 0 Å². The van der Waals surface area contributed by atoms with Crippen molar-refractivity contribution in [2.45, 2.75) is 13.5 Å². The van der Waals surface area contributed by atoms with E-state index in [1.54, 1.807) is 17.0 Å². The first-order chi connectivity index (χ1) is 8.06. The van der Waals surface area contributed by atoms with Crippen molar-refractivity contribution in [2.75, 3.05) is 20.2 Å². The van der Waals surface area contributed by atoms with Crippen molar-refractivity contribution in [3.63, 3.8) is 0 Å². The van der Waals surface area contributed by atoms with Gasteiger partial charge in [-0.1, -0.05) is 13.0 Å². The Bertz CT molecular complexity index is 395. The van der Waals surface area contributed by atoms with E-state index in [1.165, 1.54) is 13.2 Å². The number of nitrogens with zero attached hydrogens (tertiary/aromatic N) is 1. The molecule has 1 aromatic rings. The number of ether oxygens (including phenoxy) is 1. The van der Waals surface area contributed by atoms with E-state index in [-0.39, 0.29) is 18.9 Å². The molecule has 0 aliphatic carbocycles. The fourth-order valence-electron chi connectivity index (χ4n) is 1.49. The van der Waals surface area contributed by atoms with Gasteiger partial charge in [0.1, 0.15) is 11.6 Å². The number of methoxy groups -OCH3 is 1. The topological polar surface area (TPSA) is 49.8 Å². The van der Waals surface area contributed by atoms with E-state index in [1.807, 2.05) is 6.92 Å². The zero-order valence-corrected chi connectivity index (χ0v) is 9.94. The van der Waals surface area contributed by atoms with Gasteiger partial charge < -0.3 is 9.84 Å². The van der Waals surface area contributed by atoms with Crippen LogP contribution in [0.5, 0.6) is 5.75 Å². The van der Waals surface area contributed by atoms with Gasteiger partial charge in [0.15, 0.2) is 0 Å². The summed E-state index contributed by atoms with van der Waals surface area (Å²) in [5.74, 6) is -0.846. The van der Waals surface area contributed by atoms with Gasteiger partial charge in [0.2, 0.25) is 0 Å². The molecule has 0 radical (unpaired) electrons. The molecular formula is C12H16FNO3. The summed E-state index contributed by atoms with van der Waals surface area (Å²) >= 11 is 0. The van der Waals surface area contributed by atoms with Crippen molar-refractivity contribution in [1.29, 1.82) is 0 Å². The lowest BCUT2D eigenvalue weighted by atomic mass is 10.2. The number of aliphatic carboxylic acids is 1. The predicted molar refractivity (Wildman–Crippen MR) is 61.5 cm³/mol. The van der Waals surface area contributed by atoms with E-state index in [4.69, 9.17) is 9.84 Å². The summed E-state index contributed by atoms with van der Waals surface area (Å²) in [5, 5.41) is 8.69. The third-order valence-corrected chi connectivity index (χ3v) is 2.46. The Morgan fingerprint density at radius 1 is 1.53 bits per heavy atom. The van der Waals surface area contributed by atoms with Gasteiger partial charge in [-0.15, -0.1) is 0 Å². The standard InChI is InChI=1S/C12H16FNO3/c1-3-14(8-12(15)16)7-9-4-5-10(17-2)6-11(9)13/h4-6H,3,7-8H2,1-2H3,(H,15,16). The maximum absolute atomic E-state index is 13.6. The molecule has 0 aliphatic heterocycles. The molecule has 0 amide bonds. The lowest BCUT2D eigenvalue weighted by Crippen LogP contribution is -2.29. The van der Waals surface area contributed by atoms with E-state index < -0.39 is 5.97 Å². The van der Waals surface area contributed by atoms with Crippen LogP contribution in [0, 0.1) is 5.82 Å². The first kappa shape index (κ1) is 13.4. The number of hydrogen-bond donors (Lipinski definition) is 1. The van der Waals surface area contributed by atoms with Gasteiger partial charge >= 0.3 is 5.97 Å². The van der Waals surface area contributed by atoms with Crippen LogP contribution < -0.4 is 4.74 Å². The number of carboxylic acids is 1. The summed E-state index contributed by atoms with van der Waals surface area (Å²) in [4.78, 5) is 12.2. The minimum absolute atomic E-state index is 0.0953. The first-order valence-corrected chi connectivity index (χ1v) is 5.33. The molecule has 0 aliphatic rings. The van der Waals surface area contributed by atoms with Gasteiger partial charge in [-0.2, -0.15) is 0 Å². The highest BCUT2D eigenvalue weighted by atomic mass is 19.1. The van der Waals surface area contributed by atoms with Gasteiger partial charge in [-0.3, -0.25) is 9.69 Å². The Morgan fingerprint density at radius 3 is 2.71 bits per heavy atom. The summed E-state index contributed by atoms with van der Waals surface area (Å²) in [5.41, 5.74) is 0.467. The summed E-state index contributed by atoms with van der Waals surface area (Å²) in [6.07, 6.45) is 0. The smallest absolute Gasteiger partial charge is 0.317 e. The Kier molecular flexibility index (Phi) is 4.90. The van der Waals surface area contributed by atoms with E-state index in [9.17, 15) is 9.18 Å². The van der Waals surface area contributed by atoms with Crippen molar-refractivity contribution in [3.8, 4) is 5.75 Å². The largest absolute Gasteiger partial charge is 0.497 e. The highest BCUT2D eigenvalue weighted by Crippen LogP contribution is 2.17. The summed E-state index contributed by atoms with van der Waals surface area (Å²) < 4.78 is 18.5. The third kappa shape index (κ3) is 4.03. The number of likely N-dealkylation sites (N-methyl/N-ethyl adjacent to an activating group) is 1. The lowest BCUT2D eigenvalue weighted by Gasteiger charge is -2.18. The molecule has 0 saturated heterocycles. The normalized spacial score (nSPS) is 10.6. The molecule has 0 saturated carbocycles. The molecule has 0 unspecified atom stereocenters. The third-order valence-electron chi connectivity index (χ3n) is 2.46. The molecule has 0 fully saturated rings. The van der Waals surface area contributed by atoms with Crippen molar-refractivity contribution >= 4 is 5.97 Å². The SMILES string of the molecule is CCN(CC(=O)O)Cc1ccc(OC)cc1F. The van der Waals surface area contributed by atoms with Crippen molar-refractivity contribution in [1.82, 2.24) is 4.90 Å². The lowest BCUT2D eigenvalue weighted by molar-refractivity contribution is -0.138. The van der Waals surface area contributed by atoms with Crippen LogP contribution in [0.1, 0.15) is 12.5 Å². The minimum atomic E-state index is -0.916. The first-order valence-electron chi connectivity index (χ1n) is 5.33. The molecule has 4 nitrogen and oxygen atoms in total. The van der Waals surface area contributed by atoms with Crippen LogP contribution in [0.2, 0.25) is 0 Å². The van der Waals surface area contributed by atoms with E-state index in [0.717, 1.165) is 0 Å². The summed E-state index contributed by atoms with van der Waals surface area (Å²) in [7, 11) is 1.47. The van der Waals surface area contributed by atoms with Gasteiger partial charge in [0.05, 0.1) is 13.7 Å². The number of benzene rings is 1. The van der Waals surface area contributed by atoms with Gasteiger partial charge in [-0.25, -0.2) is 4.39 Å². The number of halogens is 1. The fraction of sp³-hybridized carbons (Fsp3) is 0.417. The number of rotatable bonds is 6. The maximum atomic E-state index is 13.6. The Hall–Kier alpha value is -1.62. The second-order valence-electron chi connectivity index (χ2n) is 3.65. The predicted octanol–water partition coefficient (Wildman–Crippen LogP) is 1.74. The van der Waals surface area contributed by atoms with Crippen LogP contribution in [-0.2, 0) is 11.3 Å². The average molecular weight is 241 g/mol. The molecule has 1 aromatic carbocycles. The van der Waals surface area contributed by atoms with Gasteiger partial charge in [-0.05, 0) is 12.6 Å². The molecule has 0 heterocycles. The van der Waals surface area contributed by atoms with E-state index in [2.05, 4.69) is 0 Å². The molecular weight excluding hydrogens is 225 g/mol.